The van der Waals surface area contributed by atoms with Crippen LogP contribution in [0.1, 0.15) is 51.4 Å². The summed E-state index contributed by atoms with van der Waals surface area (Å²) in [5, 5.41) is 0.0274. The molecule has 81 valence electrons. The fourth-order valence-corrected chi connectivity index (χ4v) is 4.59. The van der Waals surface area contributed by atoms with Gasteiger partial charge in [-0.3, -0.25) is 0 Å². The van der Waals surface area contributed by atoms with Crippen LogP contribution >= 0.6 is 0 Å². The lowest BCUT2D eigenvalue weighted by Gasteiger charge is -2.19. The van der Waals surface area contributed by atoms with E-state index in [0.717, 1.165) is 51.4 Å². The van der Waals surface area contributed by atoms with E-state index in [1.807, 2.05) is 0 Å². The topological polar surface area (TPSA) is 34.1 Å². The van der Waals surface area contributed by atoms with Gasteiger partial charge in [-0.1, -0.05) is 25.7 Å². The Hall–Kier alpha value is -0.0500. The maximum Gasteiger partial charge on any atom is 0.156 e. The molecule has 2 fully saturated rings. The van der Waals surface area contributed by atoms with Gasteiger partial charge in [-0.05, 0) is 32.1 Å². The Labute approximate surface area is 87.0 Å². The van der Waals surface area contributed by atoms with Gasteiger partial charge >= 0.3 is 0 Å². The van der Waals surface area contributed by atoms with Gasteiger partial charge < -0.3 is 0 Å². The maximum absolute atomic E-state index is 12.0. The van der Waals surface area contributed by atoms with Crippen molar-refractivity contribution in [3.63, 3.8) is 0 Å². The van der Waals surface area contributed by atoms with Gasteiger partial charge in [-0.15, -0.1) is 0 Å². The number of hydrogen-bond donors (Lipinski definition) is 0. The summed E-state index contributed by atoms with van der Waals surface area (Å²) in [6.45, 7) is 0. The molecule has 2 aliphatic carbocycles. The third kappa shape index (κ3) is 2.30. The monoisotopic (exact) mass is 215 g/mol. The zero-order valence-electron chi connectivity index (χ0n) is 8.61. The van der Waals surface area contributed by atoms with E-state index in [1.54, 1.807) is 0 Å². The number of hydrogen-bond acceptors (Lipinski definition) is 2. The molecule has 0 unspecified atom stereocenters. The van der Waals surface area contributed by atoms with Crippen molar-refractivity contribution < 1.29 is 8.42 Å². The second-order valence-corrected chi connectivity index (χ2v) is 7.07. The van der Waals surface area contributed by atoms with Gasteiger partial charge in [0.25, 0.3) is 0 Å². The van der Waals surface area contributed by atoms with Crippen molar-refractivity contribution in [2.45, 2.75) is 61.9 Å². The predicted molar refractivity (Wildman–Crippen MR) is 57.7 cm³/mol. The second kappa shape index (κ2) is 4.21. The molecule has 0 aromatic heterocycles. The highest BCUT2D eigenvalue weighted by Gasteiger charge is 2.40. The molecule has 2 nitrogen and oxygen atoms in total. The van der Waals surface area contributed by atoms with Crippen LogP contribution < -0.4 is 0 Å². The van der Waals surface area contributed by atoms with Gasteiger partial charge in [0, 0.05) is 0 Å². The van der Waals surface area contributed by atoms with Crippen LogP contribution in [0, 0.1) is 6.42 Å². The van der Waals surface area contributed by atoms with Gasteiger partial charge in [0.05, 0.1) is 10.5 Å². The van der Waals surface area contributed by atoms with Gasteiger partial charge in [-0.2, -0.15) is 0 Å². The molecule has 0 aromatic carbocycles. The van der Waals surface area contributed by atoms with Crippen LogP contribution in [0.3, 0.4) is 0 Å². The molecule has 0 atom stereocenters. The number of rotatable bonds is 2. The Morgan fingerprint density at radius 3 is 1.86 bits per heavy atom. The van der Waals surface area contributed by atoms with Crippen LogP contribution in [0.25, 0.3) is 0 Å². The van der Waals surface area contributed by atoms with Crippen molar-refractivity contribution in [2.75, 3.05) is 0 Å². The lowest BCUT2D eigenvalue weighted by molar-refractivity contribution is 0.524. The van der Waals surface area contributed by atoms with E-state index < -0.39 is 9.84 Å². The summed E-state index contributed by atoms with van der Waals surface area (Å²) >= 11 is 0. The summed E-state index contributed by atoms with van der Waals surface area (Å²) in [6.07, 6.45) is 10.3. The molecule has 0 spiro atoms. The van der Waals surface area contributed by atoms with Crippen LogP contribution in [-0.4, -0.2) is 18.9 Å². The molecule has 0 heterocycles. The quantitative estimate of drug-likeness (QED) is 0.709. The van der Waals surface area contributed by atoms with Crippen LogP contribution in [0.15, 0.2) is 0 Å². The molecule has 0 amide bonds. The highest BCUT2D eigenvalue weighted by Crippen LogP contribution is 2.35. The largest absolute Gasteiger partial charge is 0.228 e. The first-order chi connectivity index (χ1) is 6.71. The van der Waals surface area contributed by atoms with Gasteiger partial charge in [0.2, 0.25) is 0 Å². The normalized spacial score (nSPS) is 26.9. The summed E-state index contributed by atoms with van der Waals surface area (Å²) in [5.41, 5.74) is 0. The summed E-state index contributed by atoms with van der Waals surface area (Å²) in [7, 11) is -2.74. The minimum absolute atomic E-state index is 0.0105. The Kier molecular flexibility index (Phi) is 3.15. The van der Waals surface area contributed by atoms with Crippen LogP contribution in [0.2, 0.25) is 0 Å². The van der Waals surface area contributed by atoms with Gasteiger partial charge in [-0.25, -0.2) is 8.42 Å². The maximum atomic E-state index is 12.0. The van der Waals surface area contributed by atoms with Crippen molar-refractivity contribution >= 4 is 9.84 Å². The lowest BCUT2D eigenvalue weighted by atomic mass is 10.0. The summed E-state index contributed by atoms with van der Waals surface area (Å²) in [6, 6.07) is 0. The molecule has 0 aromatic rings. The Morgan fingerprint density at radius 2 is 1.36 bits per heavy atom. The molecule has 1 radical (unpaired) electrons. The minimum atomic E-state index is -2.74. The smallest absolute Gasteiger partial charge is 0.156 e. The highest BCUT2D eigenvalue weighted by molar-refractivity contribution is 7.92. The Balaban J connectivity index is 1.99. The molecule has 0 bridgehead atoms. The van der Waals surface area contributed by atoms with Crippen LogP contribution in [-0.2, 0) is 9.84 Å². The first-order valence-electron chi connectivity index (χ1n) is 5.75. The SMILES string of the molecule is O=S(=O)(C1CCC[CH]CCC1)C1CC1. The molecule has 0 aliphatic heterocycles. The Bertz CT molecular complexity index is 270. The molecule has 14 heavy (non-hydrogen) atoms. The van der Waals surface area contributed by atoms with E-state index in [0.29, 0.717) is 0 Å². The second-order valence-electron chi connectivity index (χ2n) is 4.56. The fraction of sp³-hybridized carbons (Fsp3) is 0.909. The zero-order chi connectivity index (χ0) is 10.0. The lowest BCUT2D eigenvalue weighted by Crippen LogP contribution is -2.25. The van der Waals surface area contributed by atoms with Crippen molar-refractivity contribution in [1.82, 2.24) is 0 Å². The predicted octanol–water partition coefficient (Wildman–Crippen LogP) is 2.49. The molecular formula is C11H19O2S. The first kappa shape index (κ1) is 10.5. The third-order valence-corrected chi connectivity index (χ3v) is 6.12. The van der Waals surface area contributed by atoms with E-state index in [2.05, 4.69) is 6.42 Å². The summed E-state index contributed by atoms with van der Waals surface area (Å²) < 4.78 is 24.0. The fourth-order valence-electron chi connectivity index (χ4n) is 2.27. The van der Waals surface area contributed by atoms with Crippen molar-refractivity contribution in [1.29, 1.82) is 0 Å². The molecule has 0 saturated heterocycles. The van der Waals surface area contributed by atoms with Gasteiger partial charge in [0.15, 0.2) is 9.84 Å². The van der Waals surface area contributed by atoms with Crippen LogP contribution in [0.4, 0.5) is 0 Å². The average Bonchev–Trinajstić information content (AvgIpc) is 2.83. The van der Waals surface area contributed by atoms with Crippen molar-refractivity contribution in [3.05, 3.63) is 6.42 Å². The highest BCUT2D eigenvalue weighted by atomic mass is 32.2. The molecular weight excluding hydrogens is 196 g/mol. The minimum Gasteiger partial charge on any atom is -0.228 e. The number of sulfone groups is 1. The molecule has 0 N–H and O–H groups in total. The molecule has 2 rings (SSSR count). The zero-order valence-corrected chi connectivity index (χ0v) is 9.43. The average molecular weight is 215 g/mol. The van der Waals surface area contributed by atoms with E-state index in [-0.39, 0.29) is 10.5 Å². The van der Waals surface area contributed by atoms with E-state index in [9.17, 15) is 8.42 Å². The molecule has 2 aliphatic rings. The summed E-state index contributed by atoms with van der Waals surface area (Å²) in [4.78, 5) is 0. The first-order valence-corrected chi connectivity index (χ1v) is 7.36. The standard InChI is InChI=1S/C11H19O2S/c12-14(13,11-8-9-11)10-6-4-2-1-3-5-7-10/h1,10-11H,2-9H2. The molecule has 2 saturated carbocycles. The third-order valence-electron chi connectivity index (χ3n) is 3.32. The van der Waals surface area contributed by atoms with E-state index in [4.69, 9.17) is 0 Å². The van der Waals surface area contributed by atoms with Crippen LogP contribution in [0.5, 0.6) is 0 Å². The molecule has 3 heteroatoms. The summed E-state index contributed by atoms with van der Waals surface area (Å²) in [5.74, 6) is 0. The van der Waals surface area contributed by atoms with Gasteiger partial charge in [0.1, 0.15) is 0 Å². The van der Waals surface area contributed by atoms with E-state index in [1.165, 1.54) is 0 Å². The van der Waals surface area contributed by atoms with Crippen molar-refractivity contribution in [3.8, 4) is 0 Å². The van der Waals surface area contributed by atoms with Crippen molar-refractivity contribution in [2.24, 2.45) is 0 Å². The van der Waals surface area contributed by atoms with E-state index >= 15 is 0 Å². The Morgan fingerprint density at radius 1 is 0.857 bits per heavy atom.